The average molecular weight is 1630 g/mol. The Morgan fingerprint density at radius 3 is 1.19 bits per heavy atom. The van der Waals surface area contributed by atoms with Crippen LogP contribution in [0.15, 0.2) is 85.0 Å². The number of hydrogen-bond acceptors (Lipinski definition) is 27. The van der Waals surface area contributed by atoms with Crippen LogP contribution in [0.4, 0.5) is 26.3 Å². The van der Waals surface area contributed by atoms with Gasteiger partial charge in [0.1, 0.15) is 107 Å². The van der Waals surface area contributed by atoms with Crippen molar-refractivity contribution in [3.05, 3.63) is 153 Å². The molecule has 48 heteroatoms. The Balaban J connectivity index is 0.000000209. The number of nitrogens with one attached hydrogen (secondary N) is 5. The van der Waals surface area contributed by atoms with Gasteiger partial charge >= 0.3 is 34.1 Å². The zero-order valence-electron chi connectivity index (χ0n) is 54.1. The number of H-pyrrole nitrogens is 5. The van der Waals surface area contributed by atoms with Crippen molar-refractivity contribution >= 4 is 58.0 Å². The number of alkyl halides is 10. The molecule has 10 heterocycles. The first-order valence-electron chi connectivity index (χ1n) is 30.0. The summed E-state index contributed by atoms with van der Waals surface area (Å²) < 4.78 is 105. The summed E-state index contributed by atoms with van der Waals surface area (Å²) in [6, 6.07) is 2.20. The van der Waals surface area contributed by atoms with E-state index >= 15 is 0 Å². The van der Waals surface area contributed by atoms with E-state index in [0.29, 0.717) is 15.4 Å². The van der Waals surface area contributed by atoms with Crippen LogP contribution in [-0.2, 0) is 23.7 Å². The third kappa shape index (κ3) is 18.8. The number of hydrogen-bond donors (Lipinski definition) is 15. The van der Waals surface area contributed by atoms with Gasteiger partial charge in [0.25, 0.3) is 22.2 Å². The Kier molecular flexibility index (Phi) is 30.7. The first-order valence-corrected chi connectivity index (χ1v) is 31.9. The number of aliphatic hydroxyl groups is 10. The molecule has 0 aromatic carbocycles. The number of aromatic amines is 5. The average Bonchev–Trinajstić information content (AvgIpc) is 1.65. The van der Waals surface area contributed by atoms with E-state index in [1.165, 1.54) is 6.92 Å². The molecular weight excluding hydrogens is 1570 g/mol. The molecule has 5 aromatic heterocycles. The molecule has 0 amide bonds. The fraction of sp³-hybridized carbons (Fsp3) is 0.525. The van der Waals surface area contributed by atoms with Crippen molar-refractivity contribution in [2.24, 2.45) is 0 Å². The molecule has 5 unspecified atom stereocenters. The lowest BCUT2D eigenvalue weighted by atomic mass is 9.99. The fourth-order valence-electron chi connectivity index (χ4n) is 10.5. The third-order valence-electron chi connectivity index (χ3n) is 15.5. The lowest BCUT2D eigenvalue weighted by Crippen LogP contribution is -2.45. The van der Waals surface area contributed by atoms with Crippen LogP contribution < -0.4 is 56.4 Å². The van der Waals surface area contributed by atoms with Crippen LogP contribution in [-0.4, -0.2) is 261 Å². The van der Waals surface area contributed by atoms with E-state index in [2.05, 4.69) is 63.4 Å². The summed E-state index contributed by atoms with van der Waals surface area (Å²) in [5.41, 5.74) is -8.39. The minimum Gasteiger partial charge on any atom is -0.394 e. The molecule has 5 saturated heterocycles. The van der Waals surface area contributed by atoms with Gasteiger partial charge in [0.15, 0.2) is 55.5 Å². The molecular formula is C59H59Cl5F6N12O25. The molecule has 582 valence electrons. The summed E-state index contributed by atoms with van der Waals surface area (Å²) >= 11 is 31.0. The number of aliphatic hydroxyl groups excluding tert-OH is 10. The predicted molar refractivity (Wildman–Crippen MR) is 354 cm³/mol. The lowest BCUT2D eigenvalue weighted by Gasteiger charge is -2.26. The summed E-state index contributed by atoms with van der Waals surface area (Å²) in [6.07, 6.45) is -16.7. The van der Waals surface area contributed by atoms with Gasteiger partial charge in [0.05, 0.1) is 39.2 Å². The number of ether oxygens (including phenoxy) is 5. The maximum atomic E-state index is 13.4. The largest absolute Gasteiger partial charge is 0.394 e. The number of halogens is 11. The van der Waals surface area contributed by atoms with Gasteiger partial charge in [0.2, 0.25) is 5.82 Å². The maximum absolute atomic E-state index is 13.4. The Morgan fingerprint density at radius 1 is 0.458 bits per heavy atom. The van der Waals surface area contributed by atoms with Gasteiger partial charge in [-0.1, -0.05) is 117 Å². The highest BCUT2D eigenvalue weighted by atomic mass is 35.5. The Bertz CT molecular complexity index is 4690. The van der Waals surface area contributed by atoms with E-state index in [9.17, 15) is 105 Å². The second-order valence-corrected chi connectivity index (χ2v) is 25.3. The number of aromatic nitrogens is 12. The van der Waals surface area contributed by atoms with Gasteiger partial charge in [-0.2, -0.15) is 19.2 Å². The monoisotopic (exact) mass is 1620 g/mol. The van der Waals surface area contributed by atoms with E-state index in [1.54, 1.807) is 4.98 Å². The first-order chi connectivity index (χ1) is 50.5. The van der Waals surface area contributed by atoms with Crippen molar-refractivity contribution in [3.63, 3.8) is 0 Å². The molecule has 0 aliphatic carbocycles. The molecule has 107 heavy (non-hydrogen) atoms. The van der Waals surface area contributed by atoms with Gasteiger partial charge in [-0.25, -0.2) is 50.7 Å². The van der Waals surface area contributed by atoms with Crippen LogP contribution in [0, 0.1) is 71.9 Å². The topological polar surface area (TPSA) is 549 Å². The Labute approximate surface area is 616 Å². The molecule has 0 spiro atoms. The van der Waals surface area contributed by atoms with E-state index in [4.69, 9.17) is 102 Å². The van der Waals surface area contributed by atoms with E-state index in [0.717, 1.165) is 44.6 Å². The second-order valence-electron chi connectivity index (χ2n) is 22.2. The lowest BCUT2D eigenvalue weighted by molar-refractivity contribution is -0.0514. The van der Waals surface area contributed by atoms with Crippen LogP contribution in [0.1, 0.15) is 36.8 Å². The van der Waals surface area contributed by atoms with Gasteiger partial charge in [-0.15, -0.1) is 0 Å². The smallest absolute Gasteiger partial charge is 0.350 e. The SMILES string of the molecule is Cc1cc(=O)[nH]c(=O)n1[C@@H]1O[C@H](CO)[C@H](O)C1(Cl)C#CCF.O=c1[nH]c(=O)n([C@@H]2O[C@H](CO)[C@H](O)C2(Cl)C#CCF)cc1F.O=c1ccn([C@@H]2O[C@H](CO)[C@H](O)C2(Cl)C#CCF)c(=O)[nH]1.O=c1cnn([C@@H]2O[C@H](CO)[C@H](O)C2(Cl)C#CCF)c(=O)[nH]1.O=c1ncn([C@@H]2O[C@H](CO)[C@H](O)C2(Cl)C#CCF)c(=O)[nH]1. The second kappa shape index (κ2) is 37.5. The summed E-state index contributed by atoms with van der Waals surface area (Å²) in [5.74, 6) is 20.4. The van der Waals surface area contributed by atoms with Crippen LogP contribution in [0.2, 0.25) is 0 Å². The predicted octanol–water partition coefficient (Wildman–Crippen LogP) is -7.07. The molecule has 37 nitrogen and oxygen atoms in total. The maximum Gasteiger partial charge on any atom is 0.350 e. The highest BCUT2D eigenvalue weighted by molar-refractivity contribution is 6.28. The van der Waals surface area contributed by atoms with E-state index in [-0.39, 0.29) is 5.69 Å². The van der Waals surface area contributed by atoms with Crippen LogP contribution >= 0.6 is 58.0 Å². The number of nitrogens with zero attached hydrogens (tertiary/aromatic N) is 7. The number of aryl methyl sites for hydroxylation is 1. The zero-order valence-corrected chi connectivity index (χ0v) is 57.9. The van der Waals surface area contributed by atoms with Gasteiger partial charge in [0, 0.05) is 24.0 Å². The Morgan fingerprint density at radius 2 is 0.804 bits per heavy atom. The molecule has 0 radical (unpaired) electrons. The van der Waals surface area contributed by atoms with E-state index < -0.39 is 245 Å². The van der Waals surface area contributed by atoms with Crippen LogP contribution in [0.25, 0.3) is 0 Å². The molecule has 15 N–H and O–H groups in total. The summed E-state index contributed by atoms with van der Waals surface area (Å²) in [6.45, 7) is -6.63. The number of rotatable bonds is 10. The quantitative estimate of drug-likeness (QED) is 0.0351. The molecule has 5 aromatic rings. The normalized spacial score (nSPS) is 31.4. The first kappa shape index (κ1) is 87.4. The molecule has 20 atom stereocenters. The van der Waals surface area contributed by atoms with Gasteiger partial charge < -0.3 is 74.7 Å². The van der Waals surface area contributed by atoms with E-state index in [1.807, 2.05) is 25.9 Å². The van der Waals surface area contributed by atoms with Crippen molar-refractivity contribution in [3.8, 4) is 59.2 Å². The molecule has 5 aliphatic rings. The zero-order chi connectivity index (χ0) is 79.8. The van der Waals surface area contributed by atoms with Gasteiger partial charge in [-0.3, -0.25) is 62.4 Å². The van der Waals surface area contributed by atoms with Crippen LogP contribution in [0.5, 0.6) is 0 Å². The van der Waals surface area contributed by atoms with Gasteiger partial charge in [-0.05, 0) is 6.92 Å². The fourth-order valence-corrected chi connectivity index (χ4v) is 12.3. The molecule has 0 saturated carbocycles. The summed E-state index contributed by atoms with van der Waals surface area (Å²) in [5, 5.41) is 99.8. The third-order valence-corrected chi connectivity index (χ3v) is 18.0. The Hall–Kier alpha value is -8.51. The minimum absolute atomic E-state index is 0.219. The molecule has 5 fully saturated rings. The van der Waals surface area contributed by atoms with Crippen molar-refractivity contribution in [2.75, 3.05) is 66.4 Å². The van der Waals surface area contributed by atoms with Crippen molar-refractivity contribution in [1.29, 1.82) is 0 Å². The molecule has 5 aliphatic heterocycles. The summed E-state index contributed by atoms with van der Waals surface area (Å²) in [4.78, 5) is 118. The van der Waals surface area contributed by atoms with Crippen molar-refractivity contribution in [2.45, 2.75) is 123 Å². The van der Waals surface area contributed by atoms with Crippen molar-refractivity contribution in [1.82, 2.24) is 58.0 Å². The van der Waals surface area contributed by atoms with Crippen LogP contribution in [0.3, 0.4) is 0 Å². The highest BCUT2D eigenvalue weighted by Crippen LogP contribution is 2.47. The standard InChI is InChI=1S/C13H14ClFN2O5.C12H11ClF2N2O5.C12H12ClFN2O5.2C11H11ClFN3O5/c1-7-5-9(19)16-12(21)17(7)11-13(14,3-2-4-15)10(20)8(6-18)22-11;13-12(2-1-3-14)8(19)7(5-18)22-10(12)17-4-6(15)9(20)16-11(17)21;13-12(3-1-4-14)9(19)7(6-17)21-10(12)16-5-2-8(18)15-11(16)20;12-11(2-1-3-13)8(19)6(5-17)21-9(11)16-10(20)15-7(18)4-14-16;12-11(2-1-3-13)7(18)6(4-17)21-8(11)16-5-14-9(19)15-10(16)20/h5,8,10-11,18,20H,4,6H2,1H3,(H,16,19,21);4,7-8,10,18-19H,3,5H2,(H,16,20,21);2,5,7,9-10,17,19H,4,6H2,(H,15,18,20);4,6,8-9,17,19H,3,5H2,(H,15,18,20);5-8,17-18H,3-4H2,(H,15,19,20)/t8-,10+,11-,13?;7-,8+,10-,12?;7-,9+,10-,12?;6-,8+,9-,11?;6-,7+,8-,11?/m11111/s1. The highest BCUT2D eigenvalue weighted by Gasteiger charge is 2.60. The van der Waals surface area contributed by atoms with Crippen molar-refractivity contribution < 1.29 is 101 Å². The minimum atomic E-state index is -2.01. The summed E-state index contributed by atoms with van der Waals surface area (Å²) in [7, 11) is 0. The molecule has 10 rings (SSSR count). The molecule has 0 bridgehead atoms.